The van der Waals surface area contributed by atoms with Gasteiger partial charge in [-0.1, -0.05) is 104 Å². The van der Waals surface area contributed by atoms with E-state index in [0.29, 0.717) is 13.0 Å². The first-order valence-corrected chi connectivity index (χ1v) is 14.4. The van der Waals surface area contributed by atoms with Crippen molar-refractivity contribution in [2.45, 2.75) is 135 Å². The summed E-state index contributed by atoms with van der Waals surface area (Å²) in [6, 6.07) is 0.176. The Morgan fingerprint density at radius 1 is 0.867 bits per heavy atom. The molecular weight excluding hydrogens is 398 g/mol. The van der Waals surface area contributed by atoms with Crippen molar-refractivity contribution >= 4 is 10.1 Å². The van der Waals surface area contributed by atoms with Gasteiger partial charge in [0.25, 0.3) is 10.1 Å². The molecule has 1 aliphatic rings. The summed E-state index contributed by atoms with van der Waals surface area (Å²) in [5.74, 6) is -0.224. The number of nitrogens with one attached hydrogen (secondary N) is 1. The molecule has 0 aromatic rings. The van der Waals surface area contributed by atoms with E-state index in [1.807, 2.05) is 0 Å². The summed E-state index contributed by atoms with van der Waals surface area (Å²) < 4.78 is 37.6. The smallest absolute Gasteiger partial charge is 0.264 e. The highest BCUT2D eigenvalue weighted by Crippen LogP contribution is 2.31. The summed E-state index contributed by atoms with van der Waals surface area (Å²) in [6.07, 6.45) is 21.0. The molecule has 0 aliphatic carbocycles. The minimum Gasteiger partial charge on any atom is -0.372 e. The molecule has 0 aromatic carbocycles. The summed E-state index contributed by atoms with van der Waals surface area (Å²) in [4.78, 5) is 0. The largest absolute Gasteiger partial charge is 0.372 e. The molecule has 180 valence electrons. The molecule has 2 unspecified atom stereocenters. The van der Waals surface area contributed by atoms with E-state index in [0.717, 1.165) is 25.8 Å². The molecule has 1 aliphatic heterocycles. The van der Waals surface area contributed by atoms with Crippen molar-refractivity contribution in [3.8, 4) is 0 Å². The van der Waals surface area contributed by atoms with Crippen molar-refractivity contribution in [1.82, 2.24) is 5.32 Å². The van der Waals surface area contributed by atoms with Crippen LogP contribution in [0.5, 0.6) is 0 Å². The number of ether oxygens (including phenoxy) is 1. The summed E-state index contributed by atoms with van der Waals surface area (Å²) >= 11 is 0. The average Bonchev–Trinajstić information content (AvgIpc) is 2.72. The quantitative estimate of drug-likeness (QED) is 0.180. The number of rotatable bonds is 19. The van der Waals surface area contributed by atoms with E-state index >= 15 is 0 Å². The lowest BCUT2D eigenvalue weighted by atomic mass is 9.84. The van der Waals surface area contributed by atoms with Gasteiger partial charge >= 0.3 is 0 Å². The molecule has 2 N–H and O–H groups in total. The summed E-state index contributed by atoms with van der Waals surface area (Å²) in [7, 11) is -3.95. The Morgan fingerprint density at radius 3 is 1.83 bits per heavy atom. The van der Waals surface area contributed by atoms with Gasteiger partial charge in [0.05, 0.1) is 18.0 Å². The van der Waals surface area contributed by atoms with E-state index < -0.39 is 15.7 Å². The van der Waals surface area contributed by atoms with Crippen molar-refractivity contribution in [2.75, 3.05) is 18.9 Å². The minimum absolute atomic E-state index is 0.176. The molecular formula is C24H49NO4S. The van der Waals surface area contributed by atoms with Crippen LogP contribution in [-0.2, 0) is 14.9 Å². The van der Waals surface area contributed by atoms with Crippen molar-refractivity contribution in [1.29, 1.82) is 0 Å². The maximum atomic E-state index is 11.2. The SMILES string of the molecule is CCCCCCCCCCCCCCCCC1NCCOC1(CC)CCS(=O)(=O)O. The monoisotopic (exact) mass is 447 g/mol. The molecule has 1 rings (SSSR count). The van der Waals surface area contributed by atoms with E-state index in [4.69, 9.17) is 9.29 Å². The van der Waals surface area contributed by atoms with Gasteiger partial charge < -0.3 is 10.1 Å². The fraction of sp³-hybridized carbons (Fsp3) is 1.00. The lowest BCUT2D eigenvalue weighted by Crippen LogP contribution is -2.58. The Kier molecular flexibility index (Phi) is 15.3. The second-order valence-electron chi connectivity index (χ2n) is 9.19. The molecule has 5 nitrogen and oxygen atoms in total. The van der Waals surface area contributed by atoms with E-state index in [9.17, 15) is 8.42 Å². The molecule has 1 fully saturated rings. The Hall–Kier alpha value is -0.170. The number of unbranched alkanes of at least 4 members (excludes halogenated alkanes) is 13. The van der Waals surface area contributed by atoms with Crippen LogP contribution in [0, 0.1) is 0 Å². The molecule has 0 amide bonds. The van der Waals surface area contributed by atoms with Gasteiger partial charge in [-0.3, -0.25) is 4.55 Å². The molecule has 1 saturated heterocycles. The first-order valence-electron chi connectivity index (χ1n) is 12.8. The topological polar surface area (TPSA) is 75.6 Å². The molecule has 6 heteroatoms. The third-order valence-electron chi connectivity index (χ3n) is 6.75. The summed E-state index contributed by atoms with van der Waals surface area (Å²) in [5.41, 5.74) is -0.468. The van der Waals surface area contributed by atoms with Crippen molar-refractivity contribution < 1.29 is 17.7 Å². The van der Waals surface area contributed by atoms with Crippen molar-refractivity contribution in [3.63, 3.8) is 0 Å². The molecule has 0 saturated carbocycles. The maximum absolute atomic E-state index is 11.2. The Balaban J connectivity index is 2.08. The fourth-order valence-electron chi connectivity index (χ4n) is 4.76. The Labute approximate surface area is 186 Å². The van der Waals surface area contributed by atoms with Crippen LogP contribution in [0.4, 0.5) is 0 Å². The van der Waals surface area contributed by atoms with E-state index in [1.54, 1.807) is 0 Å². The standard InChI is InChI=1S/C24H49NO4S/c1-3-5-6-7-8-9-10-11-12-13-14-15-16-17-18-23-24(4-2,29-21-20-25-23)19-22-30(26,27)28/h23,25H,3-22H2,1-2H3,(H,26,27,28). The number of hydrogen-bond donors (Lipinski definition) is 2. The van der Waals surface area contributed by atoms with Gasteiger partial charge in [0.2, 0.25) is 0 Å². The molecule has 0 radical (unpaired) electrons. The zero-order valence-corrected chi connectivity index (χ0v) is 20.6. The Bertz CT molecular complexity index is 511. The molecule has 30 heavy (non-hydrogen) atoms. The maximum Gasteiger partial charge on any atom is 0.264 e. The van der Waals surface area contributed by atoms with E-state index in [2.05, 4.69) is 19.2 Å². The van der Waals surface area contributed by atoms with Crippen LogP contribution >= 0.6 is 0 Å². The predicted molar refractivity (Wildman–Crippen MR) is 127 cm³/mol. The fourth-order valence-corrected chi connectivity index (χ4v) is 5.36. The molecule has 0 aromatic heterocycles. The second kappa shape index (κ2) is 16.5. The highest BCUT2D eigenvalue weighted by molar-refractivity contribution is 7.85. The summed E-state index contributed by atoms with van der Waals surface area (Å²) in [5, 5.41) is 3.54. The highest BCUT2D eigenvalue weighted by Gasteiger charge is 2.40. The van der Waals surface area contributed by atoms with Gasteiger partial charge in [-0.15, -0.1) is 0 Å². The molecule has 0 spiro atoms. The first-order chi connectivity index (χ1) is 14.4. The van der Waals surface area contributed by atoms with Crippen LogP contribution in [0.1, 0.15) is 123 Å². The van der Waals surface area contributed by atoms with Crippen LogP contribution < -0.4 is 5.32 Å². The van der Waals surface area contributed by atoms with Crippen LogP contribution in [0.2, 0.25) is 0 Å². The van der Waals surface area contributed by atoms with Crippen molar-refractivity contribution in [3.05, 3.63) is 0 Å². The second-order valence-corrected chi connectivity index (χ2v) is 10.8. The number of morpholine rings is 1. The lowest BCUT2D eigenvalue weighted by Gasteiger charge is -2.44. The van der Waals surface area contributed by atoms with Crippen LogP contribution in [0.3, 0.4) is 0 Å². The normalized spacial score (nSPS) is 22.4. The zero-order valence-electron chi connectivity index (χ0n) is 19.8. The average molecular weight is 448 g/mol. The van der Waals surface area contributed by atoms with Crippen LogP contribution in [0.25, 0.3) is 0 Å². The van der Waals surface area contributed by atoms with E-state index in [-0.39, 0.29) is 11.8 Å². The first kappa shape index (κ1) is 27.9. The highest BCUT2D eigenvalue weighted by atomic mass is 32.2. The van der Waals surface area contributed by atoms with Gasteiger partial charge in [0.1, 0.15) is 0 Å². The van der Waals surface area contributed by atoms with Crippen LogP contribution in [-0.4, -0.2) is 43.5 Å². The predicted octanol–water partition coefficient (Wildman–Crippen LogP) is 6.27. The zero-order chi connectivity index (χ0) is 22.1. The van der Waals surface area contributed by atoms with Gasteiger partial charge in [-0.25, -0.2) is 0 Å². The van der Waals surface area contributed by atoms with Gasteiger partial charge in [-0.05, 0) is 19.3 Å². The van der Waals surface area contributed by atoms with Gasteiger partial charge in [0.15, 0.2) is 0 Å². The third kappa shape index (κ3) is 12.6. The van der Waals surface area contributed by atoms with E-state index in [1.165, 1.54) is 83.5 Å². The third-order valence-corrected chi connectivity index (χ3v) is 7.47. The van der Waals surface area contributed by atoms with Gasteiger partial charge in [-0.2, -0.15) is 8.42 Å². The van der Waals surface area contributed by atoms with Crippen molar-refractivity contribution in [2.24, 2.45) is 0 Å². The lowest BCUT2D eigenvalue weighted by molar-refractivity contribution is -0.103. The molecule has 0 bridgehead atoms. The summed E-state index contributed by atoms with van der Waals surface area (Å²) in [6.45, 7) is 5.74. The Morgan fingerprint density at radius 2 is 1.37 bits per heavy atom. The van der Waals surface area contributed by atoms with Gasteiger partial charge in [0, 0.05) is 12.6 Å². The molecule has 1 heterocycles. The molecule has 2 atom stereocenters. The van der Waals surface area contributed by atoms with Crippen LogP contribution in [0.15, 0.2) is 0 Å². The minimum atomic E-state index is -3.95. The number of hydrogen-bond acceptors (Lipinski definition) is 4.